The second-order valence-electron chi connectivity index (χ2n) is 5.69. The lowest BCUT2D eigenvalue weighted by Gasteiger charge is -2.24. The van der Waals surface area contributed by atoms with Gasteiger partial charge in [-0.15, -0.1) is 5.10 Å². The molecule has 0 saturated heterocycles. The Hall–Kier alpha value is -2.95. The van der Waals surface area contributed by atoms with E-state index in [2.05, 4.69) is 58.1 Å². The smallest absolute Gasteiger partial charge is 0.247 e. The van der Waals surface area contributed by atoms with Gasteiger partial charge in [-0.2, -0.15) is 10.1 Å². The molecular formula is C20H23N5. The van der Waals surface area contributed by atoms with Gasteiger partial charge in [-0.3, -0.25) is 0 Å². The Bertz CT molecular complexity index is 776. The Kier molecular flexibility index (Phi) is 5.57. The summed E-state index contributed by atoms with van der Waals surface area (Å²) in [6.45, 7) is 6.61. The van der Waals surface area contributed by atoms with Gasteiger partial charge in [-0.05, 0) is 31.5 Å². The Morgan fingerprint density at radius 3 is 2.16 bits per heavy atom. The van der Waals surface area contributed by atoms with Crippen molar-refractivity contribution in [2.45, 2.75) is 20.4 Å². The molecular weight excluding hydrogens is 310 g/mol. The van der Waals surface area contributed by atoms with Crippen molar-refractivity contribution < 1.29 is 0 Å². The van der Waals surface area contributed by atoms with Crippen LogP contribution in [0.5, 0.6) is 0 Å². The molecule has 3 aromatic rings. The van der Waals surface area contributed by atoms with Gasteiger partial charge in [0.2, 0.25) is 5.95 Å². The van der Waals surface area contributed by atoms with E-state index in [0.29, 0.717) is 5.95 Å². The van der Waals surface area contributed by atoms with Crippen LogP contribution in [0.3, 0.4) is 0 Å². The number of benzene rings is 2. The summed E-state index contributed by atoms with van der Waals surface area (Å²) in [5, 5.41) is 8.45. The maximum absolute atomic E-state index is 4.77. The van der Waals surface area contributed by atoms with Crippen LogP contribution in [0.4, 0.5) is 17.5 Å². The molecule has 5 heteroatoms. The number of hydrogen-bond acceptors (Lipinski definition) is 5. The highest BCUT2D eigenvalue weighted by Gasteiger charge is 2.14. The number of rotatable bonds is 7. The van der Waals surface area contributed by atoms with Gasteiger partial charge in [0.1, 0.15) is 0 Å². The third-order valence-corrected chi connectivity index (χ3v) is 4.08. The summed E-state index contributed by atoms with van der Waals surface area (Å²) in [5.74, 6) is 1.46. The summed E-state index contributed by atoms with van der Waals surface area (Å²) in [7, 11) is 0. The van der Waals surface area contributed by atoms with Crippen molar-refractivity contribution in [3.05, 3.63) is 72.4 Å². The van der Waals surface area contributed by atoms with Crippen LogP contribution < -0.4 is 9.80 Å². The van der Waals surface area contributed by atoms with Crippen molar-refractivity contribution in [3.8, 4) is 0 Å². The van der Waals surface area contributed by atoms with Crippen molar-refractivity contribution in [3.63, 3.8) is 0 Å². The van der Waals surface area contributed by atoms with Gasteiger partial charge in [-0.25, -0.2) is 0 Å². The Labute approximate surface area is 149 Å². The minimum atomic E-state index is 0.651. The molecule has 1 heterocycles. The number of para-hydroxylation sites is 1. The number of nitrogens with zero attached hydrogens (tertiary/aromatic N) is 5. The lowest BCUT2D eigenvalue weighted by Crippen LogP contribution is -2.26. The maximum atomic E-state index is 4.77. The fourth-order valence-electron chi connectivity index (χ4n) is 2.76. The van der Waals surface area contributed by atoms with Crippen LogP contribution in [0.1, 0.15) is 19.4 Å². The standard InChI is InChI=1S/C20H23N5/c1-3-24(16-17-11-7-5-8-12-17)20-22-19(15-21-23-20)25(4-2)18-13-9-6-10-14-18/h5-15H,3-4,16H2,1-2H3. The molecule has 0 radical (unpaired) electrons. The second kappa shape index (κ2) is 8.24. The topological polar surface area (TPSA) is 45.2 Å². The molecule has 25 heavy (non-hydrogen) atoms. The molecule has 0 amide bonds. The van der Waals surface area contributed by atoms with Crippen LogP contribution >= 0.6 is 0 Å². The summed E-state index contributed by atoms with van der Waals surface area (Å²) in [5.41, 5.74) is 2.33. The first-order valence-corrected chi connectivity index (χ1v) is 8.63. The zero-order chi connectivity index (χ0) is 17.5. The Morgan fingerprint density at radius 1 is 0.840 bits per heavy atom. The van der Waals surface area contributed by atoms with E-state index in [9.17, 15) is 0 Å². The third kappa shape index (κ3) is 4.12. The van der Waals surface area contributed by atoms with E-state index < -0.39 is 0 Å². The van der Waals surface area contributed by atoms with Crippen LogP contribution in [-0.2, 0) is 6.54 Å². The highest BCUT2D eigenvalue weighted by atomic mass is 15.3. The van der Waals surface area contributed by atoms with E-state index in [0.717, 1.165) is 31.1 Å². The molecule has 128 valence electrons. The van der Waals surface area contributed by atoms with Gasteiger partial charge in [0.25, 0.3) is 0 Å². The first-order valence-electron chi connectivity index (χ1n) is 8.63. The quantitative estimate of drug-likeness (QED) is 0.652. The largest absolute Gasteiger partial charge is 0.335 e. The normalized spacial score (nSPS) is 10.5. The van der Waals surface area contributed by atoms with Crippen LogP contribution in [0.25, 0.3) is 0 Å². The lowest BCUT2D eigenvalue weighted by molar-refractivity contribution is 0.765. The zero-order valence-electron chi connectivity index (χ0n) is 14.7. The van der Waals surface area contributed by atoms with Crippen molar-refractivity contribution in [1.29, 1.82) is 0 Å². The highest BCUT2D eigenvalue weighted by molar-refractivity contribution is 5.59. The average Bonchev–Trinajstić information content (AvgIpc) is 2.69. The molecule has 0 bridgehead atoms. The predicted octanol–water partition coefficient (Wildman–Crippen LogP) is 4.06. The van der Waals surface area contributed by atoms with Crippen LogP contribution in [-0.4, -0.2) is 28.3 Å². The molecule has 0 saturated carbocycles. The van der Waals surface area contributed by atoms with Crippen molar-refractivity contribution in [2.24, 2.45) is 0 Å². The summed E-state index contributed by atoms with van der Waals surface area (Å²) in [6.07, 6.45) is 1.72. The zero-order valence-corrected chi connectivity index (χ0v) is 14.7. The van der Waals surface area contributed by atoms with Gasteiger partial charge < -0.3 is 9.80 Å². The number of anilines is 3. The highest BCUT2D eigenvalue weighted by Crippen LogP contribution is 2.23. The number of aromatic nitrogens is 3. The van der Waals surface area contributed by atoms with Crippen molar-refractivity contribution >= 4 is 17.5 Å². The summed E-state index contributed by atoms with van der Waals surface area (Å²) >= 11 is 0. The van der Waals surface area contributed by atoms with E-state index in [1.807, 2.05) is 36.4 Å². The molecule has 2 aromatic carbocycles. The molecule has 0 spiro atoms. The monoisotopic (exact) mass is 333 g/mol. The van der Waals surface area contributed by atoms with Crippen molar-refractivity contribution in [2.75, 3.05) is 22.9 Å². The molecule has 0 N–H and O–H groups in total. The minimum absolute atomic E-state index is 0.651. The van der Waals surface area contributed by atoms with Gasteiger partial charge in [0.15, 0.2) is 5.82 Å². The van der Waals surface area contributed by atoms with E-state index in [-0.39, 0.29) is 0 Å². The summed E-state index contributed by atoms with van der Waals surface area (Å²) in [6, 6.07) is 20.6. The summed E-state index contributed by atoms with van der Waals surface area (Å²) < 4.78 is 0. The first kappa shape index (κ1) is 16.9. The molecule has 0 aliphatic heterocycles. The molecule has 0 atom stereocenters. The fraction of sp³-hybridized carbons (Fsp3) is 0.250. The molecule has 0 fully saturated rings. The average molecular weight is 333 g/mol. The van der Waals surface area contributed by atoms with E-state index in [4.69, 9.17) is 4.98 Å². The second-order valence-corrected chi connectivity index (χ2v) is 5.69. The molecule has 0 aliphatic rings. The van der Waals surface area contributed by atoms with Gasteiger partial charge in [-0.1, -0.05) is 48.5 Å². The number of hydrogen-bond donors (Lipinski definition) is 0. The van der Waals surface area contributed by atoms with Crippen molar-refractivity contribution in [1.82, 2.24) is 15.2 Å². The molecule has 5 nitrogen and oxygen atoms in total. The van der Waals surface area contributed by atoms with E-state index in [1.165, 1.54) is 5.56 Å². The van der Waals surface area contributed by atoms with Gasteiger partial charge in [0, 0.05) is 25.3 Å². The first-order chi connectivity index (χ1) is 12.3. The Balaban J connectivity index is 1.86. The SMILES string of the molecule is CCN(Cc1ccccc1)c1nncc(N(CC)c2ccccc2)n1. The van der Waals surface area contributed by atoms with Crippen LogP contribution in [0.15, 0.2) is 66.9 Å². The maximum Gasteiger partial charge on any atom is 0.247 e. The lowest BCUT2D eigenvalue weighted by atomic mass is 10.2. The van der Waals surface area contributed by atoms with E-state index in [1.54, 1.807) is 6.20 Å². The molecule has 0 aliphatic carbocycles. The van der Waals surface area contributed by atoms with E-state index >= 15 is 0 Å². The third-order valence-electron chi connectivity index (χ3n) is 4.08. The van der Waals surface area contributed by atoms with Gasteiger partial charge >= 0.3 is 0 Å². The minimum Gasteiger partial charge on any atom is -0.335 e. The predicted molar refractivity (Wildman–Crippen MR) is 102 cm³/mol. The molecule has 0 unspecified atom stereocenters. The summed E-state index contributed by atoms with van der Waals surface area (Å²) in [4.78, 5) is 9.03. The van der Waals surface area contributed by atoms with Crippen LogP contribution in [0.2, 0.25) is 0 Å². The van der Waals surface area contributed by atoms with Crippen LogP contribution in [0, 0.1) is 0 Å². The molecule has 3 rings (SSSR count). The molecule has 1 aromatic heterocycles. The van der Waals surface area contributed by atoms with Gasteiger partial charge in [0.05, 0.1) is 6.20 Å². The Morgan fingerprint density at radius 2 is 1.52 bits per heavy atom. The fourth-order valence-corrected chi connectivity index (χ4v) is 2.76.